The van der Waals surface area contributed by atoms with Crippen molar-refractivity contribution >= 4 is 58.8 Å². The summed E-state index contributed by atoms with van der Waals surface area (Å²) < 4.78 is 60.5. The van der Waals surface area contributed by atoms with Crippen LogP contribution < -0.4 is 0 Å². The lowest BCUT2D eigenvalue weighted by Gasteiger charge is -2.17. The van der Waals surface area contributed by atoms with Gasteiger partial charge in [0.15, 0.2) is 24.8 Å². The minimum Gasteiger partial charge on any atom is -0.743 e. The summed E-state index contributed by atoms with van der Waals surface area (Å²) in [7, 11) is -6.06. The molecule has 3 rings (SSSR count). The standard InChI is InChI=1S/C18H14BrS.C8H13BrF2O5S/c19-15-11-13-18(14-12-15)20(16-7-3-1-4-8-16)17-9-5-2-6-10-17;9-5-3-1-2-4-6-16-7(12)8(10,11)17(13,14)15/h1-14H;1-6H2,(H,13,14,15)/q+1;/p-1. The van der Waals surface area contributed by atoms with Crippen molar-refractivity contribution in [3.05, 3.63) is 89.4 Å². The summed E-state index contributed by atoms with van der Waals surface area (Å²) in [6.45, 7) is -0.327. The topological polar surface area (TPSA) is 83.5 Å². The summed E-state index contributed by atoms with van der Waals surface area (Å²) in [6, 6.07) is 30.0. The van der Waals surface area contributed by atoms with Crippen molar-refractivity contribution in [2.75, 3.05) is 11.9 Å². The number of halogens is 4. The number of ether oxygens (including phenoxy) is 1. The summed E-state index contributed by atoms with van der Waals surface area (Å²) in [5, 5.41) is -4.19. The fourth-order valence-electron chi connectivity index (χ4n) is 2.99. The molecule has 37 heavy (non-hydrogen) atoms. The van der Waals surface area contributed by atoms with Gasteiger partial charge in [0.2, 0.25) is 0 Å². The Hall–Kier alpha value is -1.79. The Kier molecular flexibility index (Phi) is 13.2. The first kappa shape index (κ1) is 31.4. The monoisotopic (exact) mass is 678 g/mol. The number of benzene rings is 3. The van der Waals surface area contributed by atoms with Crippen molar-refractivity contribution in [2.45, 2.75) is 45.6 Å². The summed E-state index contributed by atoms with van der Waals surface area (Å²) in [5.74, 6) is -2.31. The number of hydrogen-bond acceptors (Lipinski definition) is 5. The van der Waals surface area contributed by atoms with E-state index in [4.69, 9.17) is 0 Å². The maximum Gasteiger partial charge on any atom is 0.428 e. The summed E-state index contributed by atoms with van der Waals surface area (Å²) in [4.78, 5) is 14.7. The lowest BCUT2D eigenvalue weighted by atomic mass is 10.2. The molecule has 200 valence electrons. The van der Waals surface area contributed by atoms with Crippen LogP contribution in [-0.2, 0) is 30.5 Å². The molecule has 0 unspecified atom stereocenters. The van der Waals surface area contributed by atoms with Gasteiger partial charge in [-0.1, -0.05) is 81.1 Å². The molecule has 5 nitrogen and oxygen atoms in total. The van der Waals surface area contributed by atoms with Crippen LogP contribution >= 0.6 is 31.9 Å². The quantitative estimate of drug-likeness (QED) is 0.0706. The molecule has 0 saturated carbocycles. The van der Waals surface area contributed by atoms with Crippen LogP contribution in [0.2, 0.25) is 0 Å². The van der Waals surface area contributed by atoms with E-state index in [9.17, 15) is 26.5 Å². The SMILES string of the molecule is Brc1ccc([S+](c2ccccc2)c2ccccc2)cc1.O=C(OCCCCCCBr)C(F)(F)S(=O)(=O)[O-]. The number of hydrogen-bond donors (Lipinski definition) is 0. The smallest absolute Gasteiger partial charge is 0.428 e. The van der Waals surface area contributed by atoms with Crippen molar-refractivity contribution in [2.24, 2.45) is 0 Å². The molecule has 3 aromatic carbocycles. The van der Waals surface area contributed by atoms with E-state index in [0.717, 1.165) is 22.6 Å². The lowest BCUT2D eigenvalue weighted by molar-refractivity contribution is -0.161. The molecule has 0 fully saturated rings. The average molecular weight is 680 g/mol. The van der Waals surface area contributed by atoms with Gasteiger partial charge in [-0.25, -0.2) is 13.2 Å². The number of esters is 1. The zero-order valence-corrected chi connectivity index (χ0v) is 24.5. The molecule has 0 atom stereocenters. The minimum absolute atomic E-state index is 0.0437. The molecule has 0 N–H and O–H groups in total. The second-order valence-electron chi connectivity index (χ2n) is 7.60. The highest BCUT2D eigenvalue weighted by Gasteiger charge is 2.48. The van der Waals surface area contributed by atoms with Gasteiger partial charge in [0.25, 0.3) is 0 Å². The third-order valence-corrected chi connectivity index (χ3v) is 8.93. The van der Waals surface area contributed by atoms with Crippen LogP contribution in [0, 0.1) is 0 Å². The molecular weight excluding hydrogens is 654 g/mol. The van der Waals surface area contributed by atoms with Crippen molar-refractivity contribution < 1.29 is 31.3 Å². The van der Waals surface area contributed by atoms with Crippen LogP contribution in [0.25, 0.3) is 0 Å². The highest BCUT2D eigenvalue weighted by molar-refractivity contribution is 9.10. The summed E-state index contributed by atoms with van der Waals surface area (Å²) in [5.41, 5.74) is 0. The van der Waals surface area contributed by atoms with Crippen LogP contribution in [0.5, 0.6) is 0 Å². The molecule has 0 aromatic heterocycles. The molecule has 0 aliphatic rings. The van der Waals surface area contributed by atoms with E-state index in [-0.39, 0.29) is 17.5 Å². The third kappa shape index (κ3) is 10.1. The molecule has 0 aliphatic carbocycles. The first-order valence-electron chi connectivity index (χ1n) is 11.2. The Morgan fingerprint density at radius 1 is 0.811 bits per heavy atom. The Bertz CT molecular complexity index is 1160. The maximum atomic E-state index is 12.6. The molecule has 0 amide bonds. The van der Waals surface area contributed by atoms with Crippen molar-refractivity contribution in [1.82, 2.24) is 0 Å². The first-order valence-corrected chi connectivity index (χ1v) is 15.8. The second kappa shape index (κ2) is 15.6. The number of alkyl halides is 3. The fraction of sp³-hybridized carbons (Fsp3) is 0.269. The predicted molar refractivity (Wildman–Crippen MR) is 147 cm³/mol. The van der Waals surface area contributed by atoms with Gasteiger partial charge in [-0.2, -0.15) is 8.78 Å². The first-order chi connectivity index (χ1) is 17.6. The van der Waals surface area contributed by atoms with Gasteiger partial charge in [-0.3, -0.25) is 0 Å². The van der Waals surface area contributed by atoms with Gasteiger partial charge >= 0.3 is 11.2 Å². The van der Waals surface area contributed by atoms with Crippen LogP contribution in [0.3, 0.4) is 0 Å². The van der Waals surface area contributed by atoms with E-state index in [0.29, 0.717) is 12.8 Å². The molecule has 0 heterocycles. The molecule has 0 spiro atoms. The van der Waals surface area contributed by atoms with E-state index in [1.165, 1.54) is 14.7 Å². The minimum atomic E-state index is -6.02. The molecule has 0 aliphatic heterocycles. The maximum absolute atomic E-state index is 12.6. The zero-order chi connectivity index (χ0) is 27.3. The van der Waals surface area contributed by atoms with Gasteiger partial charge in [-0.05, 0) is 61.4 Å². The highest BCUT2D eigenvalue weighted by Crippen LogP contribution is 2.31. The van der Waals surface area contributed by atoms with Crippen LogP contribution in [0.4, 0.5) is 8.78 Å². The lowest BCUT2D eigenvalue weighted by Crippen LogP contribution is -2.39. The van der Waals surface area contributed by atoms with E-state index >= 15 is 0 Å². The van der Waals surface area contributed by atoms with Crippen molar-refractivity contribution in [3.63, 3.8) is 0 Å². The van der Waals surface area contributed by atoms with Gasteiger partial charge in [0.05, 0.1) is 17.5 Å². The molecule has 11 heteroatoms. The Labute approximate surface area is 236 Å². The highest BCUT2D eigenvalue weighted by atomic mass is 79.9. The number of rotatable bonds is 11. The van der Waals surface area contributed by atoms with Gasteiger partial charge in [0, 0.05) is 9.80 Å². The van der Waals surface area contributed by atoms with Crippen LogP contribution in [0.1, 0.15) is 25.7 Å². The summed E-state index contributed by atoms with van der Waals surface area (Å²) >= 11 is 6.71. The zero-order valence-electron chi connectivity index (χ0n) is 19.7. The molecule has 0 saturated heterocycles. The largest absolute Gasteiger partial charge is 0.743 e. The Balaban J connectivity index is 0.000000265. The fourth-order valence-corrected chi connectivity index (χ4v) is 6.00. The third-order valence-electron chi connectivity index (χ3n) is 4.82. The normalized spacial score (nSPS) is 11.5. The number of unbranched alkanes of at least 4 members (excludes halogenated alkanes) is 3. The van der Waals surface area contributed by atoms with Gasteiger partial charge in [-0.15, -0.1) is 0 Å². The predicted octanol–water partition coefficient (Wildman–Crippen LogP) is 7.17. The van der Waals surface area contributed by atoms with Gasteiger partial charge in [0.1, 0.15) is 0 Å². The molecule has 3 aromatic rings. The van der Waals surface area contributed by atoms with Crippen molar-refractivity contribution in [1.29, 1.82) is 0 Å². The Morgan fingerprint density at radius 2 is 1.27 bits per heavy atom. The Morgan fingerprint density at radius 3 is 1.73 bits per heavy atom. The van der Waals surface area contributed by atoms with Crippen molar-refractivity contribution in [3.8, 4) is 0 Å². The van der Waals surface area contributed by atoms with E-state index in [2.05, 4.69) is 122 Å². The van der Waals surface area contributed by atoms with E-state index < -0.39 is 21.3 Å². The molecule has 0 bridgehead atoms. The summed E-state index contributed by atoms with van der Waals surface area (Å²) in [6.07, 6.45) is 2.74. The second-order valence-corrected chi connectivity index (χ2v) is 12.8. The van der Waals surface area contributed by atoms with E-state index in [1.807, 2.05) is 0 Å². The van der Waals surface area contributed by atoms with Gasteiger partial charge < -0.3 is 9.29 Å². The average Bonchev–Trinajstić information content (AvgIpc) is 2.88. The van der Waals surface area contributed by atoms with E-state index in [1.54, 1.807) is 0 Å². The van der Waals surface area contributed by atoms with Crippen LogP contribution in [0.15, 0.2) is 104 Å². The molecule has 0 radical (unpaired) electrons. The van der Waals surface area contributed by atoms with Crippen LogP contribution in [-0.4, -0.2) is 36.1 Å². The number of carbonyl (C=O) groups excluding carboxylic acids is 1. The molecular formula is C26H26Br2F2O5S2. The number of carbonyl (C=O) groups is 1.